The van der Waals surface area contributed by atoms with Gasteiger partial charge in [-0.05, 0) is 61.0 Å². The van der Waals surface area contributed by atoms with Gasteiger partial charge in [0.25, 0.3) is 5.91 Å². The number of benzene rings is 4. The molecular formula is C29H23Cl3N2O3. The third-order valence-electron chi connectivity index (χ3n) is 6.19. The molecule has 0 radical (unpaired) electrons. The molecule has 37 heavy (non-hydrogen) atoms. The molecule has 0 fully saturated rings. The molecule has 0 saturated carbocycles. The van der Waals surface area contributed by atoms with E-state index >= 15 is 0 Å². The number of carbonyl (C=O) groups is 1. The Kier molecular flexibility index (Phi) is 7.20. The number of aryl methyl sites for hydroxylation is 1. The molecular weight excluding hydrogens is 531 g/mol. The minimum atomic E-state index is -0.461. The van der Waals surface area contributed by atoms with Gasteiger partial charge >= 0.3 is 0 Å². The molecule has 0 aliphatic carbocycles. The second kappa shape index (κ2) is 10.5. The Morgan fingerprint density at radius 1 is 0.919 bits per heavy atom. The molecule has 1 heterocycles. The van der Waals surface area contributed by atoms with Crippen molar-refractivity contribution in [3.63, 3.8) is 0 Å². The summed E-state index contributed by atoms with van der Waals surface area (Å²) in [5.74, 6) is 0.882. The van der Waals surface area contributed by atoms with Gasteiger partial charge in [-0.3, -0.25) is 9.69 Å². The normalized spacial score (nSPS) is 14.7. The van der Waals surface area contributed by atoms with Gasteiger partial charge in [0.2, 0.25) is 0 Å². The number of hydrogen-bond acceptors (Lipinski definition) is 4. The zero-order valence-electron chi connectivity index (χ0n) is 20.1. The molecule has 4 aromatic carbocycles. The molecule has 1 aliphatic heterocycles. The Labute approximate surface area is 230 Å². The lowest BCUT2D eigenvalue weighted by molar-refractivity contribution is 0.0975. The van der Waals surface area contributed by atoms with E-state index in [9.17, 15) is 4.79 Å². The molecule has 1 N–H and O–H groups in total. The molecule has 0 saturated heterocycles. The highest BCUT2D eigenvalue weighted by Crippen LogP contribution is 2.39. The highest BCUT2D eigenvalue weighted by atomic mass is 35.5. The Bertz CT molecular complexity index is 1450. The molecule has 0 spiro atoms. The predicted molar refractivity (Wildman–Crippen MR) is 150 cm³/mol. The van der Waals surface area contributed by atoms with E-state index in [1.807, 2.05) is 73.7 Å². The highest BCUT2D eigenvalue weighted by molar-refractivity contribution is 6.40. The van der Waals surface area contributed by atoms with Gasteiger partial charge in [-0.25, -0.2) is 0 Å². The van der Waals surface area contributed by atoms with Crippen LogP contribution in [0, 0.1) is 6.92 Å². The van der Waals surface area contributed by atoms with Crippen LogP contribution in [0.15, 0.2) is 78.9 Å². The molecule has 0 aromatic heterocycles. The molecule has 0 bridgehead atoms. The number of para-hydroxylation sites is 1. The van der Waals surface area contributed by atoms with E-state index in [-0.39, 0.29) is 12.5 Å². The lowest BCUT2D eigenvalue weighted by Crippen LogP contribution is -2.43. The molecule has 1 atom stereocenters. The van der Waals surface area contributed by atoms with Gasteiger partial charge in [-0.2, -0.15) is 0 Å². The van der Waals surface area contributed by atoms with Crippen molar-refractivity contribution in [2.24, 2.45) is 0 Å². The van der Waals surface area contributed by atoms with Gasteiger partial charge in [0.15, 0.2) is 5.75 Å². The maximum Gasteiger partial charge on any atom is 0.262 e. The number of nitrogens with one attached hydrogen (secondary N) is 1. The van der Waals surface area contributed by atoms with Crippen LogP contribution in [0.4, 0.5) is 11.4 Å². The maximum atomic E-state index is 13.7. The van der Waals surface area contributed by atoms with E-state index in [4.69, 9.17) is 44.3 Å². The maximum absolute atomic E-state index is 13.7. The van der Waals surface area contributed by atoms with Crippen LogP contribution in [-0.4, -0.2) is 13.0 Å². The van der Waals surface area contributed by atoms with Crippen LogP contribution in [0.2, 0.25) is 15.1 Å². The number of amides is 1. The molecule has 0 unspecified atom stereocenters. The fourth-order valence-electron chi connectivity index (χ4n) is 4.36. The number of anilines is 2. The fourth-order valence-corrected chi connectivity index (χ4v) is 5.28. The van der Waals surface area contributed by atoms with Gasteiger partial charge in [-0.1, -0.05) is 70.7 Å². The van der Waals surface area contributed by atoms with Crippen molar-refractivity contribution in [2.45, 2.75) is 19.7 Å². The van der Waals surface area contributed by atoms with Crippen LogP contribution in [0.5, 0.6) is 11.5 Å². The summed E-state index contributed by atoms with van der Waals surface area (Å²) in [6, 6.07) is 24.3. The van der Waals surface area contributed by atoms with Crippen LogP contribution in [0.1, 0.15) is 33.2 Å². The Hall–Kier alpha value is -3.38. The minimum Gasteiger partial charge on any atom is -0.496 e. The average molecular weight is 554 g/mol. The van der Waals surface area contributed by atoms with Gasteiger partial charge in [-0.15, -0.1) is 0 Å². The zero-order chi connectivity index (χ0) is 26.1. The van der Waals surface area contributed by atoms with E-state index in [1.165, 1.54) is 0 Å². The lowest BCUT2D eigenvalue weighted by atomic mass is 10.0. The topological polar surface area (TPSA) is 50.8 Å². The van der Waals surface area contributed by atoms with E-state index < -0.39 is 6.17 Å². The summed E-state index contributed by atoms with van der Waals surface area (Å²) < 4.78 is 11.6. The number of methoxy groups -OCH3 is 1. The number of ether oxygens (including phenoxy) is 2. The van der Waals surface area contributed by atoms with Crippen LogP contribution >= 0.6 is 34.8 Å². The number of hydrogen-bond donors (Lipinski definition) is 1. The molecule has 1 amide bonds. The van der Waals surface area contributed by atoms with Crippen molar-refractivity contribution < 1.29 is 14.3 Å². The molecule has 4 aromatic rings. The first kappa shape index (κ1) is 25.3. The number of carbonyl (C=O) groups excluding carboxylic acids is 1. The molecule has 8 heteroatoms. The summed E-state index contributed by atoms with van der Waals surface area (Å²) >= 11 is 18.7. The van der Waals surface area contributed by atoms with Crippen LogP contribution in [0.25, 0.3) is 0 Å². The van der Waals surface area contributed by atoms with Gasteiger partial charge in [0, 0.05) is 22.0 Å². The van der Waals surface area contributed by atoms with Crippen LogP contribution in [0.3, 0.4) is 0 Å². The van der Waals surface area contributed by atoms with Crippen molar-refractivity contribution in [1.82, 2.24) is 0 Å². The Morgan fingerprint density at radius 3 is 2.32 bits per heavy atom. The van der Waals surface area contributed by atoms with Crippen molar-refractivity contribution in [3.05, 3.63) is 116 Å². The van der Waals surface area contributed by atoms with Crippen molar-refractivity contribution in [2.75, 3.05) is 17.3 Å². The Balaban J connectivity index is 1.54. The number of rotatable bonds is 6. The van der Waals surface area contributed by atoms with Crippen molar-refractivity contribution in [1.29, 1.82) is 0 Å². The third-order valence-corrected chi connectivity index (χ3v) is 6.97. The Morgan fingerprint density at radius 2 is 1.62 bits per heavy atom. The predicted octanol–water partition coefficient (Wildman–Crippen LogP) is 8.31. The second-order valence-electron chi connectivity index (χ2n) is 8.66. The highest BCUT2D eigenvalue weighted by Gasteiger charge is 2.34. The minimum absolute atomic E-state index is 0.0865. The van der Waals surface area contributed by atoms with Gasteiger partial charge in [0.05, 0.1) is 22.7 Å². The lowest BCUT2D eigenvalue weighted by Gasteiger charge is -2.38. The van der Waals surface area contributed by atoms with Crippen molar-refractivity contribution in [3.8, 4) is 11.5 Å². The zero-order valence-corrected chi connectivity index (χ0v) is 22.4. The quantitative estimate of drug-likeness (QED) is 0.261. The molecule has 1 aliphatic rings. The van der Waals surface area contributed by atoms with E-state index in [2.05, 4.69) is 5.32 Å². The first-order valence-corrected chi connectivity index (χ1v) is 12.7. The van der Waals surface area contributed by atoms with E-state index in [1.54, 1.807) is 24.1 Å². The summed E-state index contributed by atoms with van der Waals surface area (Å²) in [4.78, 5) is 15.5. The summed E-state index contributed by atoms with van der Waals surface area (Å²) in [6.45, 7) is 2.15. The molecule has 188 valence electrons. The summed E-state index contributed by atoms with van der Waals surface area (Å²) in [5, 5.41) is 4.59. The monoisotopic (exact) mass is 552 g/mol. The summed E-state index contributed by atoms with van der Waals surface area (Å²) in [6.07, 6.45) is -0.461. The van der Waals surface area contributed by atoms with E-state index in [0.717, 1.165) is 28.1 Å². The standard InChI is InChI=1S/C29H23Cl3N2O3/c1-17-7-10-21(11-8-17)34-28(33-25-6-4-3-5-22(25)29(34)35)18-9-12-26(36-2)19(13-18)16-37-27-23(31)14-20(30)15-24(27)32/h3-15,28,33H,16H2,1-2H3/t28-/m0/s1. The average Bonchev–Trinajstić information content (AvgIpc) is 2.88. The summed E-state index contributed by atoms with van der Waals surface area (Å²) in [7, 11) is 1.60. The summed E-state index contributed by atoms with van der Waals surface area (Å²) in [5.41, 5.74) is 4.91. The van der Waals surface area contributed by atoms with Gasteiger partial charge < -0.3 is 14.8 Å². The number of halogens is 3. The fraction of sp³-hybridized carbons (Fsp3) is 0.138. The first-order chi connectivity index (χ1) is 17.9. The van der Waals surface area contributed by atoms with E-state index in [0.29, 0.717) is 32.1 Å². The van der Waals surface area contributed by atoms with Crippen LogP contribution in [-0.2, 0) is 6.61 Å². The number of nitrogens with zero attached hydrogens (tertiary/aromatic N) is 1. The van der Waals surface area contributed by atoms with Crippen molar-refractivity contribution >= 4 is 52.1 Å². The van der Waals surface area contributed by atoms with Gasteiger partial charge in [0.1, 0.15) is 18.5 Å². The molecule has 5 nitrogen and oxygen atoms in total. The third kappa shape index (κ3) is 5.08. The molecule has 5 rings (SSSR count). The first-order valence-electron chi connectivity index (χ1n) is 11.6. The second-order valence-corrected chi connectivity index (χ2v) is 9.91. The largest absolute Gasteiger partial charge is 0.496 e. The van der Waals surface area contributed by atoms with Crippen LogP contribution < -0.4 is 19.7 Å². The smallest absolute Gasteiger partial charge is 0.262 e. The number of fused-ring (bicyclic) bond motifs is 1. The SMILES string of the molecule is COc1ccc([C@H]2Nc3ccccc3C(=O)N2c2ccc(C)cc2)cc1COc1c(Cl)cc(Cl)cc1Cl.